The molecule has 0 N–H and O–H groups in total. The summed E-state index contributed by atoms with van der Waals surface area (Å²) in [5, 5.41) is 0.567. The quantitative estimate of drug-likeness (QED) is 0.799. The summed E-state index contributed by atoms with van der Waals surface area (Å²) in [5.41, 5.74) is 1.69. The predicted molar refractivity (Wildman–Crippen MR) is 84.9 cm³/mol. The van der Waals surface area contributed by atoms with Crippen LogP contribution in [0.4, 0.5) is 0 Å². The summed E-state index contributed by atoms with van der Waals surface area (Å²) < 4.78 is 5.48. The van der Waals surface area contributed by atoms with Crippen LogP contribution in [0.1, 0.15) is 25.8 Å². The highest BCUT2D eigenvalue weighted by Gasteiger charge is 2.26. The highest BCUT2D eigenvalue weighted by atomic mass is 35.5. The second kappa shape index (κ2) is 6.69. The molecule has 1 unspecified atom stereocenters. The number of ether oxygens (including phenoxy) is 1. The van der Waals surface area contributed by atoms with Gasteiger partial charge in [0.1, 0.15) is 12.4 Å². The van der Waals surface area contributed by atoms with E-state index in [2.05, 4.69) is 17.9 Å². The Balaban J connectivity index is 2.24. The Morgan fingerprint density at radius 1 is 1.48 bits per heavy atom. The predicted octanol–water partition coefficient (Wildman–Crippen LogP) is 3.58. The molecule has 1 aromatic rings. The molecule has 0 radical (unpaired) electrons. The number of hydrogen-bond donors (Lipinski definition) is 0. The Bertz CT molecular complexity index is 640. The van der Waals surface area contributed by atoms with Gasteiger partial charge in [-0.15, -0.1) is 5.92 Å². The number of carbonyl (C=O) groups is 1. The molecule has 0 saturated carbocycles. The fraction of sp³-hybridized carbons (Fsp3) is 0.353. The first-order valence-electron chi connectivity index (χ1n) is 6.84. The lowest BCUT2D eigenvalue weighted by atomic mass is 9.98. The molecule has 1 aliphatic heterocycles. The minimum Gasteiger partial charge on any atom is -0.481 e. The van der Waals surface area contributed by atoms with Gasteiger partial charge in [-0.05, 0) is 31.5 Å². The Morgan fingerprint density at radius 3 is 2.90 bits per heavy atom. The second-order valence-corrected chi connectivity index (χ2v) is 5.39. The molecular weight excluding hydrogens is 286 g/mol. The minimum atomic E-state index is 0.0211. The van der Waals surface area contributed by atoms with Crippen LogP contribution in [0.15, 0.2) is 24.3 Å². The van der Waals surface area contributed by atoms with Crippen LogP contribution in [0.5, 0.6) is 5.75 Å². The van der Waals surface area contributed by atoms with Gasteiger partial charge < -0.3 is 9.64 Å². The standard InChI is InChI=1S/C17H18ClNO2/c1-4-5-10-21-13-7-8-14(15(18)11-13)16-9-6-12(2)17(20)19(16)3/h7-9,11-12H,6,10H2,1-3H3. The lowest BCUT2D eigenvalue weighted by Gasteiger charge is -2.29. The summed E-state index contributed by atoms with van der Waals surface area (Å²) in [7, 11) is 1.78. The van der Waals surface area contributed by atoms with E-state index in [4.69, 9.17) is 16.3 Å². The van der Waals surface area contributed by atoms with Crippen molar-refractivity contribution in [1.82, 2.24) is 4.90 Å². The molecule has 1 aromatic carbocycles. The third-order valence-electron chi connectivity index (χ3n) is 3.48. The van der Waals surface area contributed by atoms with E-state index < -0.39 is 0 Å². The summed E-state index contributed by atoms with van der Waals surface area (Å²) in [6, 6.07) is 5.48. The first-order valence-corrected chi connectivity index (χ1v) is 7.22. The first kappa shape index (κ1) is 15.5. The zero-order valence-corrected chi connectivity index (χ0v) is 13.2. The van der Waals surface area contributed by atoms with Crippen molar-refractivity contribution in [2.24, 2.45) is 5.92 Å². The van der Waals surface area contributed by atoms with Crippen LogP contribution >= 0.6 is 11.6 Å². The molecule has 1 amide bonds. The van der Waals surface area contributed by atoms with Crippen molar-refractivity contribution in [3.63, 3.8) is 0 Å². The van der Waals surface area contributed by atoms with Crippen LogP contribution in [0.25, 0.3) is 5.70 Å². The summed E-state index contributed by atoms with van der Waals surface area (Å²) in [6.07, 6.45) is 2.79. The number of amides is 1. The van der Waals surface area contributed by atoms with E-state index in [0.29, 0.717) is 17.4 Å². The largest absolute Gasteiger partial charge is 0.481 e. The van der Waals surface area contributed by atoms with E-state index in [1.54, 1.807) is 24.9 Å². The summed E-state index contributed by atoms with van der Waals surface area (Å²) in [4.78, 5) is 13.7. The van der Waals surface area contributed by atoms with Gasteiger partial charge in [0.25, 0.3) is 0 Å². The van der Waals surface area contributed by atoms with Crippen molar-refractivity contribution in [2.45, 2.75) is 20.3 Å². The Hall–Kier alpha value is -1.92. The van der Waals surface area contributed by atoms with Crippen LogP contribution < -0.4 is 4.74 Å². The fourth-order valence-electron chi connectivity index (χ4n) is 2.25. The average molecular weight is 304 g/mol. The first-order chi connectivity index (χ1) is 10.0. The Morgan fingerprint density at radius 2 is 2.24 bits per heavy atom. The van der Waals surface area contributed by atoms with E-state index in [9.17, 15) is 4.79 Å². The molecule has 3 nitrogen and oxygen atoms in total. The maximum absolute atomic E-state index is 12.1. The lowest BCUT2D eigenvalue weighted by Crippen LogP contribution is -2.33. The molecule has 0 saturated heterocycles. The number of hydrogen-bond acceptors (Lipinski definition) is 2. The topological polar surface area (TPSA) is 29.5 Å². The third-order valence-corrected chi connectivity index (χ3v) is 3.80. The lowest BCUT2D eigenvalue weighted by molar-refractivity contribution is -0.131. The van der Waals surface area contributed by atoms with Crippen LogP contribution in [-0.4, -0.2) is 24.5 Å². The SMILES string of the molecule is CC#CCOc1ccc(C2=CCC(C)C(=O)N2C)c(Cl)c1. The van der Waals surface area contributed by atoms with E-state index in [0.717, 1.165) is 17.7 Å². The normalized spacial score (nSPS) is 17.9. The molecule has 0 aliphatic carbocycles. The molecule has 1 atom stereocenters. The number of benzene rings is 1. The number of halogens is 1. The zero-order valence-electron chi connectivity index (χ0n) is 12.4. The maximum Gasteiger partial charge on any atom is 0.229 e. The molecule has 0 aromatic heterocycles. The van der Waals surface area contributed by atoms with Crippen LogP contribution in [0.2, 0.25) is 5.02 Å². The summed E-state index contributed by atoms with van der Waals surface area (Å²) in [6.45, 7) is 4.03. The van der Waals surface area contributed by atoms with Crippen LogP contribution in [-0.2, 0) is 4.79 Å². The summed E-state index contributed by atoms with van der Waals surface area (Å²) in [5.74, 6) is 6.41. The minimum absolute atomic E-state index is 0.0211. The van der Waals surface area contributed by atoms with Crippen molar-refractivity contribution in [3.8, 4) is 17.6 Å². The Kier molecular flexibility index (Phi) is 4.93. The van der Waals surface area contributed by atoms with E-state index in [1.165, 1.54) is 0 Å². The van der Waals surface area contributed by atoms with Gasteiger partial charge >= 0.3 is 0 Å². The van der Waals surface area contributed by atoms with Crippen molar-refractivity contribution in [2.75, 3.05) is 13.7 Å². The highest BCUT2D eigenvalue weighted by Crippen LogP contribution is 2.33. The molecule has 110 valence electrons. The van der Waals surface area contributed by atoms with E-state index in [-0.39, 0.29) is 11.8 Å². The fourth-order valence-corrected chi connectivity index (χ4v) is 2.52. The molecule has 0 bridgehead atoms. The van der Waals surface area contributed by atoms with Gasteiger partial charge in [0.15, 0.2) is 0 Å². The molecule has 4 heteroatoms. The van der Waals surface area contributed by atoms with E-state index in [1.807, 2.05) is 19.1 Å². The van der Waals surface area contributed by atoms with Crippen molar-refractivity contribution < 1.29 is 9.53 Å². The van der Waals surface area contributed by atoms with Crippen LogP contribution in [0.3, 0.4) is 0 Å². The third kappa shape index (κ3) is 3.40. The van der Waals surface area contributed by atoms with Crippen molar-refractivity contribution >= 4 is 23.2 Å². The van der Waals surface area contributed by atoms with Gasteiger partial charge in [0.05, 0.1) is 5.02 Å². The number of allylic oxidation sites excluding steroid dienone is 1. The molecule has 0 spiro atoms. The van der Waals surface area contributed by atoms with Gasteiger partial charge in [-0.1, -0.05) is 30.5 Å². The number of nitrogens with zero attached hydrogens (tertiary/aromatic N) is 1. The van der Waals surface area contributed by atoms with Gasteiger partial charge in [-0.25, -0.2) is 0 Å². The van der Waals surface area contributed by atoms with Crippen LogP contribution in [0, 0.1) is 17.8 Å². The Labute approximate surface area is 130 Å². The van der Waals surface area contributed by atoms with Gasteiger partial charge in [0.2, 0.25) is 5.91 Å². The molecular formula is C17H18ClNO2. The smallest absolute Gasteiger partial charge is 0.229 e. The van der Waals surface area contributed by atoms with E-state index >= 15 is 0 Å². The zero-order chi connectivity index (χ0) is 15.4. The van der Waals surface area contributed by atoms with Gasteiger partial charge in [-0.3, -0.25) is 4.79 Å². The number of carbonyl (C=O) groups excluding carboxylic acids is 1. The summed E-state index contributed by atoms with van der Waals surface area (Å²) >= 11 is 6.33. The van der Waals surface area contributed by atoms with Gasteiger partial charge in [-0.2, -0.15) is 0 Å². The molecule has 0 fully saturated rings. The monoisotopic (exact) mass is 303 g/mol. The molecule has 1 heterocycles. The second-order valence-electron chi connectivity index (χ2n) is 4.98. The molecule has 1 aliphatic rings. The van der Waals surface area contributed by atoms with Gasteiger partial charge in [0, 0.05) is 24.2 Å². The van der Waals surface area contributed by atoms with Crippen molar-refractivity contribution in [3.05, 3.63) is 34.9 Å². The molecule has 21 heavy (non-hydrogen) atoms. The molecule has 2 rings (SSSR count). The average Bonchev–Trinajstić information content (AvgIpc) is 2.46. The van der Waals surface area contributed by atoms with Crippen molar-refractivity contribution in [1.29, 1.82) is 0 Å². The number of rotatable bonds is 3. The maximum atomic E-state index is 12.1. The highest BCUT2D eigenvalue weighted by molar-refractivity contribution is 6.32.